The summed E-state index contributed by atoms with van der Waals surface area (Å²) in [6.45, 7) is 11.1. The van der Waals surface area contributed by atoms with Crippen LogP contribution < -0.4 is 4.90 Å². The first kappa shape index (κ1) is 46.8. The van der Waals surface area contributed by atoms with E-state index in [1.165, 1.54) is 128 Å². The molecule has 10 aromatic rings. The highest BCUT2D eigenvalue weighted by Crippen LogP contribution is 2.70. The minimum absolute atomic E-state index is 0.175. The van der Waals surface area contributed by atoms with Crippen LogP contribution in [0.1, 0.15) is 107 Å². The van der Waals surface area contributed by atoms with Crippen molar-refractivity contribution in [3.8, 4) is 50.2 Å². The van der Waals surface area contributed by atoms with Gasteiger partial charge < -0.3 is 9.47 Å². The van der Waals surface area contributed by atoms with Gasteiger partial charge in [0, 0.05) is 39.3 Å². The van der Waals surface area contributed by atoms with E-state index in [2.05, 4.69) is 280 Å². The second-order valence-electron chi connectivity index (χ2n) is 23.2. The maximum atomic E-state index is 4.25. The van der Waals surface area contributed by atoms with E-state index >= 15 is 0 Å². The fourth-order valence-corrected chi connectivity index (χ4v) is 16.0. The molecule has 0 N–H and O–H groups in total. The summed E-state index contributed by atoms with van der Waals surface area (Å²) < 4.78 is 2.41. The number of anilines is 3. The van der Waals surface area contributed by atoms with E-state index in [0.717, 1.165) is 42.7 Å². The highest BCUT2D eigenvalue weighted by molar-refractivity contribution is 6.00. The van der Waals surface area contributed by atoms with Crippen molar-refractivity contribution in [3.05, 3.63) is 315 Å². The lowest BCUT2D eigenvalue weighted by molar-refractivity contribution is 0.590. The number of allylic oxidation sites excluding steroid dienone is 6. The molecular formula is C78H60N2. The number of fused-ring (bicyclic) bond motifs is 19. The van der Waals surface area contributed by atoms with Crippen LogP contribution in [0, 0.1) is 0 Å². The van der Waals surface area contributed by atoms with Crippen LogP contribution in [0.25, 0.3) is 68.4 Å². The third kappa shape index (κ3) is 6.09. The van der Waals surface area contributed by atoms with Crippen LogP contribution in [-0.2, 0) is 22.7 Å². The number of nitrogens with zero attached hydrogens (tertiary/aromatic N) is 2. The first-order chi connectivity index (χ1) is 39.4. The predicted molar refractivity (Wildman–Crippen MR) is 335 cm³/mol. The molecular weight excluding hydrogens is 965 g/mol. The van der Waals surface area contributed by atoms with Gasteiger partial charge in [-0.05, 0) is 187 Å². The second-order valence-corrected chi connectivity index (χ2v) is 23.2. The monoisotopic (exact) mass is 1020 g/mol. The zero-order valence-corrected chi connectivity index (χ0v) is 45.6. The quantitative estimate of drug-likeness (QED) is 0.154. The third-order valence-corrected chi connectivity index (χ3v) is 19.2. The lowest BCUT2D eigenvalue weighted by atomic mass is 9.51. The first-order valence-corrected chi connectivity index (χ1v) is 28.8. The molecule has 0 aliphatic heterocycles. The molecule has 0 bridgehead atoms. The van der Waals surface area contributed by atoms with Gasteiger partial charge in [-0.25, -0.2) is 0 Å². The van der Waals surface area contributed by atoms with E-state index in [1.54, 1.807) is 0 Å². The molecule has 6 aliphatic carbocycles. The van der Waals surface area contributed by atoms with Crippen LogP contribution in [0.2, 0.25) is 0 Å². The van der Waals surface area contributed by atoms with Crippen LogP contribution in [0.5, 0.6) is 0 Å². The largest absolute Gasteiger partial charge is 0.310 e. The Hall–Kier alpha value is -9.24. The fourth-order valence-electron chi connectivity index (χ4n) is 16.0. The van der Waals surface area contributed by atoms with E-state index in [9.17, 15) is 0 Å². The van der Waals surface area contributed by atoms with Gasteiger partial charge in [0.2, 0.25) is 0 Å². The molecule has 1 aromatic heterocycles. The van der Waals surface area contributed by atoms with Crippen LogP contribution in [0.15, 0.2) is 248 Å². The molecule has 2 nitrogen and oxygen atoms in total. The maximum absolute atomic E-state index is 4.25. The predicted octanol–water partition coefficient (Wildman–Crippen LogP) is 19.8. The summed E-state index contributed by atoms with van der Waals surface area (Å²) in [4.78, 5) is 2.56. The number of aromatic nitrogens is 1. The SMILES string of the molecule is C=Cc1c2c(n(-c3ccc(-c4ccc(N(c5ccc6c(c5)C(C)(C)c5ccccc5-6)c5cccc6c5-c5ccccc5C65C6=C(CCC=C6)C6(c7ccccc7-c7ccccc76)c6ccccc65)cc4)cc3)c1/C=C\C)C=CCC2. The molecule has 1 unspecified atom stereocenters. The molecule has 6 aliphatic rings. The van der Waals surface area contributed by atoms with Gasteiger partial charge in [-0.3, -0.25) is 0 Å². The van der Waals surface area contributed by atoms with Crippen LogP contribution >= 0.6 is 0 Å². The summed E-state index contributed by atoms with van der Waals surface area (Å²) in [5, 5.41) is 0. The van der Waals surface area contributed by atoms with Crippen molar-refractivity contribution in [2.75, 3.05) is 4.90 Å². The van der Waals surface area contributed by atoms with E-state index in [-0.39, 0.29) is 5.41 Å². The normalized spacial score (nSPS) is 17.6. The van der Waals surface area contributed by atoms with Gasteiger partial charge in [0.15, 0.2) is 0 Å². The Morgan fingerprint density at radius 3 is 1.70 bits per heavy atom. The summed E-state index contributed by atoms with van der Waals surface area (Å²) in [5.41, 5.74) is 32.7. The standard InChI is InChI=1S/C78H60N2/c1-5-22-72-55(6-2)60-26-11-20-37-73(60)80(72)53-45-41-51(42-46-53)50-39-43-52(44-40-50)79(54-47-48-59-56-23-7-12-28-62(56)76(3,4)71(59)49-54)74-38-21-36-70-75(74)61-27-10-15-31-65(61)78(70)68-34-18-16-32-66(68)77(67-33-17-19-35-69(67)78)63-29-13-8-24-57(63)58-25-9-14-30-64(58)77/h5-10,12-16,18-25,27-32,34-49H,2,11,17,26,33H2,1,3-4H3/b22-5-. The van der Waals surface area contributed by atoms with Gasteiger partial charge in [-0.2, -0.15) is 0 Å². The van der Waals surface area contributed by atoms with Crippen molar-refractivity contribution in [2.45, 2.75) is 62.7 Å². The molecule has 0 saturated heterocycles. The second kappa shape index (κ2) is 17.4. The summed E-state index contributed by atoms with van der Waals surface area (Å²) >= 11 is 0. The highest BCUT2D eigenvalue weighted by Gasteiger charge is 2.60. The average molecular weight is 1030 g/mol. The highest BCUT2D eigenvalue weighted by atomic mass is 15.1. The fraction of sp³-hybridized carbons (Fsp3) is 0.128. The molecule has 16 rings (SSSR count). The summed E-state index contributed by atoms with van der Waals surface area (Å²) in [6, 6.07) is 79.3. The van der Waals surface area contributed by atoms with Gasteiger partial charge in [0.05, 0.1) is 22.2 Å². The Morgan fingerprint density at radius 2 is 1.02 bits per heavy atom. The van der Waals surface area contributed by atoms with Crippen molar-refractivity contribution in [1.82, 2.24) is 4.57 Å². The first-order valence-electron chi connectivity index (χ1n) is 28.8. The number of benzene rings is 9. The Balaban J connectivity index is 0.898. The molecule has 0 radical (unpaired) electrons. The van der Waals surface area contributed by atoms with Crippen molar-refractivity contribution in [3.63, 3.8) is 0 Å². The summed E-state index contributed by atoms with van der Waals surface area (Å²) in [6.07, 6.45) is 20.0. The number of rotatable bonds is 7. The van der Waals surface area contributed by atoms with Crippen molar-refractivity contribution >= 4 is 35.3 Å². The molecule has 0 fully saturated rings. The maximum Gasteiger partial charge on any atom is 0.0717 e. The van der Waals surface area contributed by atoms with Crippen molar-refractivity contribution in [1.29, 1.82) is 0 Å². The lowest BCUT2D eigenvalue weighted by Gasteiger charge is -2.50. The zero-order chi connectivity index (χ0) is 53.5. The molecule has 1 heterocycles. The average Bonchev–Trinajstić information content (AvgIpc) is 2.70. The number of hydrogen-bond donors (Lipinski definition) is 0. The summed E-state index contributed by atoms with van der Waals surface area (Å²) in [7, 11) is 0. The molecule has 0 amide bonds. The Morgan fingerprint density at radius 1 is 0.487 bits per heavy atom. The Labute approximate surface area is 470 Å². The topological polar surface area (TPSA) is 8.17 Å². The van der Waals surface area contributed by atoms with Crippen molar-refractivity contribution < 1.29 is 0 Å². The van der Waals surface area contributed by atoms with Gasteiger partial charge in [0.25, 0.3) is 0 Å². The van der Waals surface area contributed by atoms with Crippen LogP contribution in [-0.4, -0.2) is 4.57 Å². The van der Waals surface area contributed by atoms with Gasteiger partial charge in [0.1, 0.15) is 0 Å². The molecule has 1 atom stereocenters. The molecule has 382 valence electrons. The lowest BCUT2D eigenvalue weighted by Crippen LogP contribution is -2.44. The van der Waals surface area contributed by atoms with E-state index < -0.39 is 10.8 Å². The van der Waals surface area contributed by atoms with E-state index in [0.29, 0.717) is 0 Å². The molecule has 2 spiro atoms. The summed E-state index contributed by atoms with van der Waals surface area (Å²) in [5.74, 6) is 0. The molecule has 80 heavy (non-hydrogen) atoms. The van der Waals surface area contributed by atoms with Crippen LogP contribution in [0.3, 0.4) is 0 Å². The zero-order valence-electron chi connectivity index (χ0n) is 45.6. The molecule has 0 saturated carbocycles. The molecule has 9 aromatic carbocycles. The Kier molecular flexibility index (Phi) is 10.2. The third-order valence-electron chi connectivity index (χ3n) is 19.2. The van der Waals surface area contributed by atoms with Gasteiger partial charge >= 0.3 is 0 Å². The molecule has 2 heteroatoms. The minimum Gasteiger partial charge on any atom is -0.310 e. The van der Waals surface area contributed by atoms with E-state index in [1.807, 2.05) is 6.08 Å². The van der Waals surface area contributed by atoms with Gasteiger partial charge in [-0.1, -0.05) is 215 Å². The van der Waals surface area contributed by atoms with E-state index in [4.69, 9.17) is 0 Å². The minimum atomic E-state index is -0.567. The van der Waals surface area contributed by atoms with Crippen LogP contribution in [0.4, 0.5) is 17.1 Å². The Bertz CT molecular complexity index is 4360. The smallest absolute Gasteiger partial charge is 0.0717 e. The number of hydrogen-bond acceptors (Lipinski definition) is 1. The van der Waals surface area contributed by atoms with Gasteiger partial charge in [-0.15, -0.1) is 0 Å². The van der Waals surface area contributed by atoms with Crippen molar-refractivity contribution in [2.24, 2.45) is 0 Å².